The van der Waals surface area contributed by atoms with Crippen LogP contribution < -0.4 is 14.4 Å². The van der Waals surface area contributed by atoms with E-state index in [2.05, 4.69) is 0 Å². The van der Waals surface area contributed by atoms with Gasteiger partial charge in [-0.15, -0.1) is 0 Å². The molecule has 0 spiro atoms. The average molecular weight is 459 g/mol. The molecule has 3 aromatic rings. The van der Waals surface area contributed by atoms with Gasteiger partial charge in [-0.25, -0.2) is 0 Å². The van der Waals surface area contributed by atoms with Gasteiger partial charge >= 0.3 is 0 Å². The molecule has 7 nitrogen and oxygen atoms in total. The summed E-state index contributed by atoms with van der Waals surface area (Å²) in [6, 6.07) is 18.9. The van der Waals surface area contributed by atoms with Crippen LogP contribution in [0.15, 0.2) is 78.4 Å². The summed E-state index contributed by atoms with van der Waals surface area (Å²) < 4.78 is 11.2. The number of rotatable bonds is 7. The Labute approximate surface area is 197 Å². The first-order chi connectivity index (χ1) is 16.5. The van der Waals surface area contributed by atoms with Crippen molar-refractivity contribution in [1.29, 1.82) is 0 Å². The number of carbonyl (C=O) groups excluding carboxylic acids is 2. The third kappa shape index (κ3) is 4.08. The van der Waals surface area contributed by atoms with E-state index in [1.807, 2.05) is 6.92 Å². The third-order valence-corrected chi connectivity index (χ3v) is 5.60. The molecule has 0 aromatic heterocycles. The number of methoxy groups -OCH3 is 1. The average Bonchev–Trinajstić information content (AvgIpc) is 3.12. The summed E-state index contributed by atoms with van der Waals surface area (Å²) in [6.07, 6.45) is 0.815. The molecule has 0 aliphatic carbocycles. The molecular weight excluding hydrogens is 434 g/mol. The van der Waals surface area contributed by atoms with Gasteiger partial charge in [0, 0.05) is 11.1 Å². The van der Waals surface area contributed by atoms with Crippen molar-refractivity contribution in [3.63, 3.8) is 0 Å². The van der Waals surface area contributed by atoms with Crippen LogP contribution in [0.2, 0.25) is 0 Å². The van der Waals surface area contributed by atoms with Crippen LogP contribution in [0, 0.1) is 0 Å². The summed E-state index contributed by atoms with van der Waals surface area (Å²) in [6.45, 7) is 2.49. The summed E-state index contributed by atoms with van der Waals surface area (Å²) in [5.41, 5.74) is 0.876. The van der Waals surface area contributed by atoms with E-state index in [4.69, 9.17) is 9.47 Å². The molecule has 0 saturated carbocycles. The van der Waals surface area contributed by atoms with Crippen molar-refractivity contribution in [2.75, 3.05) is 18.6 Å². The Bertz CT molecular complexity index is 1270. The Morgan fingerprint density at radius 1 is 1.00 bits per heavy atom. The number of Topliss-reactive ketones (excluding diaryl/α,β-unsaturated/α-hetero) is 1. The van der Waals surface area contributed by atoms with Crippen LogP contribution >= 0.6 is 0 Å². The van der Waals surface area contributed by atoms with Gasteiger partial charge in [0.1, 0.15) is 23.0 Å². The minimum atomic E-state index is -1.02. The van der Waals surface area contributed by atoms with Crippen LogP contribution in [0.1, 0.15) is 30.5 Å². The number of amides is 1. The smallest absolute Gasteiger partial charge is 0.300 e. The van der Waals surface area contributed by atoms with Crippen molar-refractivity contribution < 1.29 is 29.3 Å². The standard InChI is InChI=1S/C27H25NO6/c1-3-15-34-18-10-8-9-17(16-18)25(30)23-24(19-11-4-7-14-22(19)33-2)28(27(32)26(23)31)20-12-5-6-13-21(20)29/h4-14,16,24,29-30H,3,15H2,1-2H3/b25-23+. The van der Waals surface area contributed by atoms with E-state index in [-0.39, 0.29) is 22.8 Å². The Hall–Kier alpha value is -4.26. The minimum absolute atomic E-state index is 0.106. The normalized spacial score (nSPS) is 17.1. The van der Waals surface area contributed by atoms with Crippen LogP contribution in [-0.4, -0.2) is 35.6 Å². The van der Waals surface area contributed by atoms with Gasteiger partial charge in [-0.2, -0.15) is 0 Å². The van der Waals surface area contributed by atoms with E-state index in [0.717, 1.165) is 6.42 Å². The first kappa shape index (κ1) is 22.9. The highest BCUT2D eigenvalue weighted by atomic mass is 16.5. The van der Waals surface area contributed by atoms with Gasteiger partial charge in [-0.3, -0.25) is 14.5 Å². The lowest BCUT2D eigenvalue weighted by Gasteiger charge is -2.27. The largest absolute Gasteiger partial charge is 0.507 e. The molecule has 34 heavy (non-hydrogen) atoms. The Kier molecular flexibility index (Phi) is 6.54. The van der Waals surface area contributed by atoms with Crippen LogP contribution in [0.3, 0.4) is 0 Å². The van der Waals surface area contributed by atoms with Gasteiger partial charge in [-0.1, -0.05) is 49.4 Å². The van der Waals surface area contributed by atoms with Crippen molar-refractivity contribution in [2.24, 2.45) is 0 Å². The quantitative estimate of drug-likeness (QED) is 0.299. The van der Waals surface area contributed by atoms with E-state index in [1.165, 1.54) is 18.1 Å². The van der Waals surface area contributed by atoms with Crippen LogP contribution in [0.5, 0.6) is 17.2 Å². The van der Waals surface area contributed by atoms with Crippen molar-refractivity contribution >= 4 is 23.1 Å². The lowest BCUT2D eigenvalue weighted by Crippen LogP contribution is -2.29. The molecule has 1 aliphatic heterocycles. The molecule has 0 radical (unpaired) electrons. The molecule has 1 fully saturated rings. The predicted octanol–water partition coefficient (Wildman–Crippen LogP) is 4.82. The summed E-state index contributed by atoms with van der Waals surface area (Å²) in [4.78, 5) is 27.7. The first-order valence-corrected chi connectivity index (χ1v) is 10.9. The summed E-state index contributed by atoms with van der Waals surface area (Å²) in [5, 5.41) is 21.8. The molecule has 1 heterocycles. The topological polar surface area (TPSA) is 96.3 Å². The zero-order chi connectivity index (χ0) is 24.2. The maximum Gasteiger partial charge on any atom is 0.300 e. The van der Waals surface area contributed by atoms with Crippen molar-refractivity contribution in [3.05, 3.63) is 89.5 Å². The fourth-order valence-electron chi connectivity index (χ4n) is 4.04. The second-order valence-electron chi connectivity index (χ2n) is 7.78. The third-order valence-electron chi connectivity index (χ3n) is 5.60. The number of para-hydroxylation sites is 3. The predicted molar refractivity (Wildman–Crippen MR) is 128 cm³/mol. The summed E-state index contributed by atoms with van der Waals surface area (Å²) >= 11 is 0. The number of phenols is 1. The number of hydrogen-bond donors (Lipinski definition) is 2. The molecule has 1 saturated heterocycles. The lowest BCUT2D eigenvalue weighted by molar-refractivity contribution is -0.132. The molecule has 1 unspecified atom stereocenters. The number of phenolic OH excluding ortho intramolecular Hbond substituents is 1. The molecule has 3 aromatic carbocycles. The van der Waals surface area contributed by atoms with Crippen molar-refractivity contribution in [1.82, 2.24) is 0 Å². The maximum absolute atomic E-state index is 13.3. The number of ketones is 1. The summed E-state index contributed by atoms with van der Waals surface area (Å²) in [5.74, 6) is -1.27. The molecule has 1 amide bonds. The Morgan fingerprint density at radius 3 is 2.47 bits per heavy atom. The van der Waals surface area contributed by atoms with Crippen molar-refractivity contribution in [2.45, 2.75) is 19.4 Å². The zero-order valence-electron chi connectivity index (χ0n) is 18.9. The molecular formula is C27H25NO6. The number of anilines is 1. The Morgan fingerprint density at radius 2 is 1.74 bits per heavy atom. The van der Waals surface area contributed by atoms with Crippen LogP contribution in [-0.2, 0) is 9.59 Å². The molecule has 4 rings (SSSR count). The zero-order valence-corrected chi connectivity index (χ0v) is 18.9. The van der Waals surface area contributed by atoms with Crippen LogP contribution in [0.4, 0.5) is 5.69 Å². The summed E-state index contributed by atoms with van der Waals surface area (Å²) in [7, 11) is 1.49. The highest BCUT2D eigenvalue weighted by Gasteiger charge is 2.48. The molecule has 174 valence electrons. The SMILES string of the molecule is CCCOc1cccc(/C(O)=C2\C(=O)C(=O)N(c3ccccc3O)C2c2ccccc2OC)c1. The second-order valence-corrected chi connectivity index (χ2v) is 7.78. The van der Waals surface area contributed by atoms with Gasteiger partial charge < -0.3 is 19.7 Å². The second kappa shape index (κ2) is 9.70. The van der Waals surface area contributed by atoms with Gasteiger partial charge in [0.05, 0.1) is 31.0 Å². The van der Waals surface area contributed by atoms with Gasteiger partial charge in [0.15, 0.2) is 0 Å². The molecule has 2 N–H and O–H groups in total. The van der Waals surface area contributed by atoms with Gasteiger partial charge in [0.2, 0.25) is 0 Å². The highest BCUT2D eigenvalue weighted by Crippen LogP contribution is 2.46. The van der Waals surface area contributed by atoms with Crippen molar-refractivity contribution in [3.8, 4) is 17.2 Å². The number of nitrogens with zero attached hydrogens (tertiary/aromatic N) is 1. The van der Waals surface area contributed by atoms with E-state index in [9.17, 15) is 19.8 Å². The van der Waals surface area contributed by atoms with Gasteiger partial charge in [0.25, 0.3) is 11.7 Å². The fraction of sp³-hybridized carbons (Fsp3) is 0.185. The number of hydrogen-bond acceptors (Lipinski definition) is 6. The Balaban J connectivity index is 1.94. The molecule has 0 bridgehead atoms. The minimum Gasteiger partial charge on any atom is -0.507 e. The number of benzene rings is 3. The van der Waals surface area contributed by atoms with E-state index in [1.54, 1.807) is 66.7 Å². The molecule has 1 atom stereocenters. The first-order valence-electron chi connectivity index (χ1n) is 10.9. The number of aliphatic hydroxyl groups excluding tert-OH is 1. The van der Waals surface area contributed by atoms with E-state index < -0.39 is 17.7 Å². The van der Waals surface area contributed by atoms with E-state index >= 15 is 0 Å². The molecule has 7 heteroatoms. The van der Waals surface area contributed by atoms with Crippen LogP contribution in [0.25, 0.3) is 5.76 Å². The maximum atomic E-state index is 13.3. The fourth-order valence-corrected chi connectivity index (χ4v) is 4.04. The van der Waals surface area contributed by atoms with E-state index in [0.29, 0.717) is 29.2 Å². The number of ether oxygens (including phenoxy) is 2. The molecule has 1 aliphatic rings. The number of aliphatic hydroxyl groups is 1. The number of aromatic hydroxyl groups is 1. The lowest BCUT2D eigenvalue weighted by atomic mass is 9.94. The number of carbonyl (C=O) groups is 2. The monoisotopic (exact) mass is 459 g/mol. The van der Waals surface area contributed by atoms with Gasteiger partial charge in [-0.05, 0) is 36.8 Å². The highest BCUT2D eigenvalue weighted by molar-refractivity contribution is 6.52.